The number of carbonyl (C=O) groups excluding carboxylic acids is 5. The number of urea groups is 1. The van der Waals surface area contributed by atoms with E-state index in [1.165, 1.54) is 11.9 Å². The number of rotatable bonds is 7. The van der Waals surface area contributed by atoms with Crippen molar-refractivity contribution in [3.8, 4) is 0 Å². The second-order valence-electron chi connectivity index (χ2n) is 8.74. The average molecular weight is 462 g/mol. The molecule has 1 aromatic carbocycles. The number of hydrogen-bond donors (Lipinski definition) is 0. The lowest BCUT2D eigenvalue weighted by atomic mass is 9.85. The first-order valence-electron chi connectivity index (χ1n) is 10.4. The van der Waals surface area contributed by atoms with Crippen molar-refractivity contribution < 1.29 is 38.2 Å². The molecule has 33 heavy (non-hydrogen) atoms. The molecule has 1 aliphatic heterocycles. The van der Waals surface area contributed by atoms with Crippen molar-refractivity contribution in [2.24, 2.45) is 11.8 Å². The highest BCUT2D eigenvalue weighted by Crippen LogP contribution is 2.28. The minimum Gasteiger partial charge on any atom is -0.468 e. The van der Waals surface area contributed by atoms with E-state index in [0.717, 1.165) is 19.1 Å². The maximum absolute atomic E-state index is 13.7. The number of esters is 3. The first-order chi connectivity index (χ1) is 15.4. The Hall–Kier alpha value is -3.43. The van der Waals surface area contributed by atoms with E-state index in [1.54, 1.807) is 51.1 Å². The summed E-state index contributed by atoms with van der Waals surface area (Å²) in [5, 5.41) is 0. The fraction of sp³-hybridized carbons (Fsp3) is 0.522. The van der Waals surface area contributed by atoms with Crippen LogP contribution in [0.15, 0.2) is 30.3 Å². The quantitative estimate of drug-likeness (QED) is 0.339. The first kappa shape index (κ1) is 25.8. The Balaban J connectivity index is 2.52. The number of likely N-dealkylation sites (N-methyl/N-ethyl adjacent to an activating group) is 1. The summed E-state index contributed by atoms with van der Waals surface area (Å²) in [7, 11) is 3.61. The third kappa shape index (κ3) is 6.09. The molecule has 0 bridgehead atoms. The molecule has 2 rings (SSSR count). The van der Waals surface area contributed by atoms with E-state index in [1.807, 2.05) is 0 Å². The molecule has 1 saturated heterocycles. The normalized spacial score (nSPS) is 17.1. The molecule has 1 aromatic rings. The third-order valence-electron chi connectivity index (χ3n) is 5.14. The number of imide groups is 1. The van der Waals surface area contributed by atoms with E-state index in [2.05, 4.69) is 0 Å². The van der Waals surface area contributed by atoms with Gasteiger partial charge in [0.05, 0.1) is 26.7 Å². The summed E-state index contributed by atoms with van der Waals surface area (Å²) in [4.78, 5) is 66.5. The molecule has 1 fully saturated rings. The van der Waals surface area contributed by atoms with Crippen LogP contribution in [0.4, 0.5) is 4.79 Å². The zero-order valence-corrected chi connectivity index (χ0v) is 19.7. The van der Waals surface area contributed by atoms with Gasteiger partial charge < -0.3 is 19.1 Å². The van der Waals surface area contributed by atoms with E-state index in [9.17, 15) is 24.0 Å². The van der Waals surface area contributed by atoms with Crippen LogP contribution in [0.1, 0.15) is 26.3 Å². The van der Waals surface area contributed by atoms with Crippen LogP contribution in [-0.2, 0) is 39.8 Å². The molecule has 2 atom stereocenters. The van der Waals surface area contributed by atoms with Gasteiger partial charge in [-0.3, -0.25) is 14.4 Å². The van der Waals surface area contributed by atoms with Gasteiger partial charge in [0.15, 0.2) is 12.0 Å². The van der Waals surface area contributed by atoms with Crippen LogP contribution in [0.5, 0.6) is 0 Å². The van der Waals surface area contributed by atoms with Crippen LogP contribution in [-0.4, -0.2) is 79.1 Å². The van der Waals surface area contributed by atoms with Crippen LogP contribution in [0, 0.1) is 11.8 Å². The number of amides is 3. The van der Waals surface area contributed by atoms with Gasteiger partial charge in [0.2, 0.25) is 5.91 Å². The summed E-state index contributed by atoms with van der Waals surface area (Å²) in [6.45, 7) is 4.92. The second kappa shape index (κ2) is 10.5. The van der Waals surface area contributed by atoms with Crippen molar-refractivity contribution in [2.75, 3.05) is 27.8 Å². The lowest BCUT2D eigenvalue weighted by molar-refractivity contribution is -0.167. The molecule has 0 unspecified atom stereocenters. The fourth-order valence-corrected chi connectivity index (χ4v) is 3.61. The van der Waals surface area contributed by atoms with E-state index in [4.69, 9.17) is 14.2 Å². The summed E-state index contributed by atoms with van der Waals surface area (Å²) in [5.41, 5.74) is -0.206. The van der Waals surface area contributed by atoms with Crippen LogP contribution in [0.2, 0.25) is 0 Å². The number of carbonyl (C=O) groups is 5. The number of hydrogen-bond acceptors (Lipinski definition) is 8. The topological polar surface area (TPSA) is 120 Å². The van der Waals surface area contributed by atoms with Crippen LogP contribution in [0.25, 0.3) is 0 Å². The molecule has 0 N–H and O–H groups in total. The van der Waals surface area contributed by atoms with E-state index in [-0.39, 0.29) is 13.0 Å². The molecule has 0 spiro atoms. The molecule has 3 amide bonds. The summed E-state index contributed by atoms with van der Waals surface area (Å²) in [6, 6.07) is 6.71. The molecule has 1 heterocycles. The van der Waals surface area contributed by atoms with Crippen molar-refractivity contribution >= 4 is 29.8 Å². The number of ether oxygens (including phenoxy) is 3. The van der Waals surface area contributed by atoms with Gasteiger partial charge in [0, 0.05) is 7.05 Å². The molecule has 0 aliphatic carbocycles. The summed E-state index contributed by atoms with van der Waals surface area (Å²) in [5.74, 6) is -6.59. The second-order valence-corrected chi connectivity index (χ2v) is 8.74. The van der Waals surface area contributed by atoms with Crippen molar-refractivity contribution in [3.05, 3.63) is 35.9 Å². The van der Waals surface area contributed by atoms with Crippen molar-refractivity contribution in [2.45, 2.75) is 38.8 Å². The number of methoxy groups -OCH3 is 2. The Morgan fingerprint density at radius 1 is 1.03 bits per heavy atom. The standard InChI is InChI=1S/C23H30N2O8/c1-23(2,3)33-19(27)16-13-24(4)22(30)25(16)18(26)15(12-14-10-8-7-9-11-14)17(20(28)31-5)21(29)32-6/h7-11,15-17H,12-13H2,1-6H3/t15-,16+/m1/s1. The smallest absolute Gasteiger partial charge is 0.331 e. The van der Waals surface area contributed by atoms with Crippen molar-refractivity contribution in [3.63, 3.8) is 0 Å². The van der Waals surface area contributed by atoms with E-state index < -0.39 is 53.3 Å². The van der Waals surface area contributed by atoms with E-state index in [0.29, 0.717) is 5.56 Å². The Morgan fingerprint density at radius 2 is 1.58 bits per heavy atom. The summed E-state index contributed by atoms with van der Waals surface area (Å²) >= 11 is 0. The summed E-state index contributed by atoms with van der Waals surface area (Å²) in [6.07, 6.45) is -0.0664. The van der Waals surface area contributed by atoms with Crippen molar-refractivity contribution in [1.29, 1.82) is 0 Å². The Bertz CT molecular complexity index is 893. The maximum Gasteiger partial charge on any atom is 0.331 e. The zero-order chi connectivity index (χ0) is 24.9. The lowest BCUT2D eigenvalue weighted by Gasteiger charge is -2.29. The minimum atomic E-state index is -1.63. The molecule has 180 valence electrons. The highest BCUT2D eigenvalue weighted by molar-refractivity contribution is 6.06. The Morgan fingerprint density at radius 3 is 2.06 bits per heavy atom. The predicted octanol–water partition coefficient (Wildman–Crippen LogP) is 1.41. The fourth-order valence-electron chi connectivity index (χ4n) is 3.61. The molecule has 0 aromatic heterocycles. The van der Waals surface area contributed by atoms with Gasteiger partial charge in [-0.1, -0.05) is 30.3 Å². The van der Waals surface area contributed by atoms with Gasteiger partial charge in [0.25, 0.3) is 0 Å². The van der Waals surface area contributed by atoms with Gasteiger partial charge in [0.1, 0.15) is 5.60 Å². The Labute approximate surface area is 192 Å². The van der Waals surface area contributed by atoms with E-state index >= 15 is 0 Å². The minimum absolute atomic E-state index is 0.0664. The molecular formula is C23H30N2O8. The molecule has 10 heteroatoms. The monoisotopic (exact) mass is 462 g/mol. The third-order valence-corrected chi connectivity index (χ3v) is 5.14. The number of nitrogens with zero attached hydrogens (tertiary/aromatic N) is 2. The highest BCUT2D eigenvalue weighted by Gasteiger charge is 2.51. The molecule has 1 aliphatic rings. The van der Waals surface area contributed by atoms with Gasteiger partial charge in [-0.15, -0.1) is 0 Å². The van der Waals surface area contributed by atoms with Gasteiger partial charge in [-0.25, -0.2) is 14.5 Å². The number of benzene rings is 1. The SMILES string of the molecule is COC(=O)C(C(=O)OC)[C@@H](Cc1ccccc1)C(=O)N1C(=O)N(C)C[C@H]1C(=O)OC(C)(C)C. The molecule has 0 saturated carbocycles. The molecule has 0 radical (unpaired) electrons. The first-order valence-corrected chi connectivity index (χ1v) is 10.4. The van der Waals surface area contributed by atoms with Crippen LogP contribution >= 0.6 is 0 Å². The highest BCUT2D eigenvalue weighted by atomic mass is 16.6. The largest absolute Gasteiger partial charge is 0.468 e. The van der Waals surface area contributed by atoms with Gasteiger partial charge in [-0.2, -0.15) is 0 Å². The van der Waals surface area contributed by atoms with Gasteiger partial charge >= 0.3 is 23.9 Å². The molecular weight excluding hydrogens is 432 g/mol. The molecule has 10 nitrogen and oxygen atoms in total. The average Bonchev–Trinajstić information content (AvgIpc) is 3.06. The van der Waals surface area contributed by atoms with Crippen LogP contribution in [0.3, 0.4) is 0 Å². The van der Waals surface area contributed by atoms with Crippen molar-refractivity contribution in [1.82, 2.24) is 9.80 Å². The predicted molar refractivity (Wildman–Crippen MR) is 116 cm³/mol. The summed E-state index contributed by atoms with van der Waals surface area (Å²) < 4.78 is 14.9. The maximum atomic E-state index is 13.7. The Kier molecular flexibility index (Phi) is 8.18. The zero-order valence-electron chi connectivity index (χ0n) is 19.7. The van der Waals surface area contributed by atoms with Crippen LogP contribution < -0.4 is 0 Å². The lowest BCUT2D eigenvalue weighted by Crippen LogP contribution is -2.52. The van der Waals surface area contributed by atoms with Gasteiger partial charge in [-0.05, 0) is 32.8 Å².